The Morgan fingerprint density at radius 1 is 1.39 bits per heavy atom. The third-order valence-corrected chi connectivity index (χ3v) is 2.73. The molecule has 96 valence electrons. The van der Waals surface area contributed by atoms with Crippen LogP contribution in [0.15, 0.2) is 30.9 Å². The second-order valence-electron chi connectivity index (χ2n) is 3.72. The van der Waals surface area contributed by atoms with Gasteiger partial charge in [-0.25, -0.2) is 4.39 Å². The quantitative estimate of drug-likeness (QED) is 0.807. The highest BCUT2D eigenvalue weighted by atomic mass is 35.5. The molecule has 0 aliphatic carbocycles. The van der Waals surface area contributed by atoms with Gasteiger partial charge in [-0.1, -0.05) is 0 Å². The van der Waals surface area contributed by atoms with Gasteiger partial charge in [-0.15, -0.1) is 21.8 Å². The van der Waals surface area contributed by atoms with Crippen LogP contribution >= 0.6 is 11.6 Å². The highest BCUT2D eigenvalue weighted by Gasteiger charge is 2.07. The molecule has 1 aromatic heterocycles. The van der Waals surface area contributed by atoms with Crippen molar-refractivity contribution in [1.29, 1.82) is 0 Å². The summed E-state index contributed by atoms with van der Waals surface area (Å²) in [5.74, 6) is -0.298. The van der Waals surface area contributed by atoms with E-state index < -0.39 is 11.9 Å². The fraction of sp³-hybridized carbons (Fsp3) is 0.273. The highest BCUT2D eigenvalue weighted by molar-refractivity contribution is 6.18. The molecular weight excluding hydrogens is 259 g/mol. The van der Waals surface area contributed by atoms with Crippen LogP contribution in [0.5, 0.6) is 0 Å². The first-order valence-electron chi connectivity index (χ1n) is 5.33. The van der Waals surface area contributed by atoms with Gasteiger partial charge < -0.3 is 10.4 Å². The lowest BCUT2D eigenvalue weighted by molar-refractivity contribution is 0.211. The number of hydrogen-bond acceptors (Lipinski definition) is 4. The van der Waals surface area contributed by atoms with Crippen molar-refractivity contribution in [2.24, 2.45) is 0 Å². The van der Waals surface area contributed by atoms with Crippen LogP contribution in [0.2, 0.25) is 0 Å². The Bertz CT molecular complexity index is 506. The molecule has 0 spiro atoms. The fourth-order valence-corrected chi connectivity index (χ4v) is 1.53. The predicted molar refractivity (Wildman–Crippen MR) is 66.5 cm³/mol. The third-order valence-electron chi connectivity index (χ3n) is 2.37. The second kappa shape index (κ2) is 5.79. The normalized spacial score (nSPS) is 12.4. The first-order chi connectivity index (χ1) is 8.70. The topological polar surface area (TPSA) is 63.0 Å². The van der Waals surface area contributed by atoms with Gasteiger partial charge in [0.15, 0.2) is 0 Å². The maximum absolute atomic E-state index is 13.5. The molecule has 1 heterocycles. The Hall–Kier alpha value is -1.66. The lowest BCUT2D eigenvalue weighted by Gasteiger charge is -2.12. The summed E-state index contributed by atoms with van der Waals surface area (Å²) in [5.41, 5.74) is 1.02. The van der Waals surface area contributed by atoms with E-state index >= 15 is 0 Å². The number of nitrogens with one attached hydrogen (secondary N) is 1. The van der Waals surface area contributed by atoms with Gasteiger partial charge in [0.05, 0.1) is 23.4 Å². The Kier molecular flexibility index (Phi) is 4.11. The highest BCUT2D eigenvalue weighted by Crippen LogP contribution is 2.18. The Labute approximate surface area is 108 Å². The van der Waals surface area contributed by atoms with Crippen LogP contribution in [-0.4, -0.2) is 38.4 Å². The molecule has 2 N–H and O–H groups in total. The zero-order valence-corrected chi connectivity index (χ0v) is 10.2. The van der Waals surface area contributed by atoms with Gasteiger partial charge in [-0.05, 0) is 18.2 Å². The van der Waals surface area contributed by atoms with Gasteiger partial charge in [0.2, 0.25) is 0 Å². The maximum atomic E-state index is 13.5. The van der Waals surface area contributed by atoms with Gasteiger partial charge in [-0.2, -0.15) is 0 Å². The SMILES string of the molecule is OC(CCl)CNc1cc(-n2cnnc2)ccc1F. The van der Waals surface area contributed by atoms with Crippen molar-refractivity contribution in [3.63, 3.8) is 0 Å². The van der Waals surface area contributed by atoms with E-state index in [1.165, 1.54) is 18.7 Å². The molecule has 0 fully saturated rings. The van der Waals surface area contributed by atoms with Crippen LogP contribution in [-0.2, 0) is 0 Å². The number of rotatable bonds is 5. The number of hydrogen-bond donors (Lipinski definition) is 2. The number of benzene rings is 1. The monoisotopic (exact) mass is 270 g/mol. The zero-order valence-electron chi connectivity index (χ0n) is 9.42. The molecule has 1 unspecified atom stereocenters. The van der Waals surface area contributed by atoms with Crippen LogP contribution in [0.25, 0.3) is 5.69 Å². The number of aromatic nitrogens is 3. The lowest BCUT2D eigenvalue weighted by atomic mass is 10.2. The summed E-state index contributed by atoms with van der Waals surface area (Å²) in [6, 6.07) is 4.56. The molecule has 0 aliphatic heterocycles. The Morgan fingerprint density at radius 3 is 2.78 bits per heavy atom. The van der Waals surface area contributed by atoms with Crippen molar-refractivity contribution < 1.29 is 9.50 Å². The maximum Gasteiger partial charge on any atom is 0.146 e. The minimum absolute atomic E-state index is 0.0970. The van der Waals surface area contributed by atoms with Crippen LogP contribution in [0.3, 0.4) is 0 Å². The molecule has 7 heteroatoms. The molecule has 2 rings (SSSR count). The number of halogens is 2. The van der Waals surface area contributed by atoms with Gasteiger partial charge in [0, 0.05) is 6.54 Å². The summed E-state index contributed by atoms with van der Waals surface area (Å²) in [6.07, 6.45) is 2.32. The van der Waals surface area contributed by atoms with Crippen LogP contribution in [0, 0.1) is 5.82 Å². The first-order valence-corrected chi connectivity index (χ1v) is 5.86. The second-order valence-corrected chi connectivity index (χ2v) is 4.03. The molecule has 5 nitrogen and oxygen atoms in total. The third kappa shape index (κ3) is 2.96. The van der Waals surface area contributed by atoms with Gasteiger partial charge in [-0.3, -0.25) is 4.57 Å². The smallest absolute Gasteiger partial charge is 0.146 e. The number of alkyl halides is 1. The average Bonchev–Trinajstić information content (AvgIpc) is 2.91. The van der Waals surface area contributed by atoms with E-state index in [0.29, 0.717) is 5.69 Å². The van der Waals surface area contributed by atoms with E-state index in [9.17, 15) is 9.50 Å². The summed E-state index contributed by atoms with van der Waals surface area (Å²) >= 11 is 5.47. The summed E-state index contributed by atoms with van der Waals surface area (Å²) in [6.45, 7) is 0.187. The lowest BCUT2D eigenvalue weighted by Crippen LogP contribution is -2.21. The van der Waals surface area contributed by atoms with Crippen molar-refractivity contribution in [2.75, 3.05) is 17.7 Å². The molecule has 0 amide bonds. The predicted octanol–water partition coefficient (Wildman–Crippen LogP) is 1.42. The molecule has 2 aromatic rings. The number of nitrogens with zero attached hydrogens (tertiary/aromatic N) is 3. The van der Waals surface area contributed by atoms with Crippen LogP contribution in [0.1, 0.15) is 0 Å². The van der Waals surface area contributed by atoms with E-state index in [4.69, 9.17) is 11.6 Å². The van der Waals surface area contributed by atoms with Gasteiger partial charge in [0.1, 0.15) is 18.5 Å². The Morgan fingerprint density at radius 2 is 2.11 bits per heavy atom. The standard InChI is InChI=1S/C11H12ClFN4O/c12-4-9(18)5-14-11-3-8(1-2-10(11)13)17-6-15-16-7-17/h1-3,6-7,9,14,18H,4-5H2. The van der Waals surface area contributed by atoms with E-state index in [-0.39, 0.29) is 12.4 Å². The van der Waals surface area contributed by atoms with E-state index in [1.807, 2.05) is 0 Å². The summed E-state index contributed by atoms with van der Waals surface area (Å²) in [7, 11) is 0. The zero-order chi connectivity index (χ0) is 13.0. The van der Waals surface area contributed by atoms with Crippen molar-refractivity contribution in [3.8, 4) is 5.69 Å². The largest absolute Gasteiger partial charge is 0.390 e. The molecular formula is C11H12ClFN4O. The molecule has 18 heavy (non-hydrogen) atoms. The van der Waals surface area contributed by atoms with Crippen LogP contribution < -0.4 is 5.32 Å². The van der Waals surface area contributed by atoms with E-state index in [0.717, 1.165) is 5.69 Å². The van der Waals surface area contributed by atoms with Gasteiger partial charge in [0.25, 0.3) is 0 Å². The summed E-state index contributed by atoms with van der Waals surface area (Å²) in [5, 5.41) is 19.5. The van der Waals surface area contributed by atoms with Crippen molar-refractivity contribution >= 4 is 17.3 Å². The van der Waals surface area contributed by atoms with E-state index in [2.05, 4.69) is 15.5 Å². The average molecular weight is 271 g/mol. The molecule has 1 atom stereocenters. The number of aliphatic hydroxyl groups is 1. The molecule has 0 radical (unpaired) electrons. The minimum atomic E-state index is -0.718. The van der Waals surface area contributed by atoms with Crippen molar-refractivity contribution in [1.82, 2.24) is 14.8 Å². The van der Waals surface area contributed by atoms with Gasteiger partial charge >= 0.3 is 0 Å². The molecule has 0 aliphatic rings. The number of aliphatic hydroxyl groups excluding tert-OH is 1. The Balaban J connectivity index is 2.17. The summed E-state index contributed by atoms with van der Waals surface area (Å²) in [4.78, 5) is 0. The molecule has 0 saturated carbocycles. The van der Waals surface area contributed by atoms with Crippen molar-refractivity contribution in [3.05, 3.63) is 36.7 Å². The van der Waals surface area contributed by atoms with Crippen molar-refractivity contribution in [2.45, 2.75) is 6.10 Å². The molecule has 0 bridgehead atoms. The molecule has 1 aromatic carbocycles. The summed E-state index contributed by atoms with van der Waals surface area (Å²) < 4.78 is 15.2. The molecule has 0 saturated heterocycles. The van der Waals surface area contributed by atoms with E-state index in [1.54, 1.807) is 16.7 Å². The first kappa shape index (κ1) is 12.8. The minimum Gasteiger partial charge on any atom is -0.390 e. The fourth-order valence-electron chi connectivity index (χ4n) is 1.43. The number of anilines is 1. The van der Waals surface area contributed by atoms with Crippen LogP contribution in [0.4, 0.5) is 10.1 Å².